The fourth-order valence-electron chi connectivity index (χ4n) is 15.8. The van der Waals surface area contributed by atoms with Gasteiger partial charge in [0.25, 0.3) is 5.91 Å². The van der Waals surface area contributed by atoms with Gasteiger partial charge in [0.1, 0.15) is 29.4 Å². The molecule has 2 fully saturated rings. The zero-order chi connectivity index (χ0) is 85.0. The van der Waals surface area contributed by atoms with Gasteiger partial charge in [0, 0.05) is 65.8 Å². The predicted octanol–water partition coefficient (Wildman–Crippen LogP) is 18.2. The van der Waals surface area contributed by atoms with Gasteiger partial charge < -0.3 is 44.3 Å². The molecule has 1 amide bonds. The summed E-state index contributed by atoms with van der Waals surface area (Å²) in [4.78, 5) is 84.7. The Labute approximate surface area is 723 Å². The molecule has 0 saturated carbocycles. The van der Waals surface area contributed by atoms with E-state index in [1.165, 1.54) is 141 Å². The molecule has 0 aliphatic carbocycles. The number of primary amides is 1. The van der Waals surface area contributed by atoms with Crippen molar-refractivity contribution in [2.24, 2.45) is 29.4 Å². The van der Waals surface area contributed by atoms with Crippen LogP contribution in [0.1, 0.15) is 410 Å². The normalized spacial score (nSPS) is 16.4. The van der Waals surface area contributed by atoms with Crippen molar-refractivity contribution in [3.63, 3.8) is 0 Å². The van der Waals surface area contributed by atoms with Crippen LogP contribution in [0.15, 0.2) is 24.3 Å². The number of hydroxylamine groups is 4. The largest absolute Gasteiger partial charge is 1.00 e. The summed E-state index contributed by atoms with van der Waals surface area (Å²) in [5.74, 6) is -0.290. The Hall–Kier alpha value is -2.93. The average molecular weight is 1640 g/mol. The molecule has 0 aromatic heterocycles. The number of ether oxygens (including phenoxy) is 4. The number of carboxylic acids is 1. The Balaban J connectivity index is 0. The van der Waals surface area contributed by atoms with Gasteiger partial charge in [0.05, 0.1) is 72.1 Å². The fraction of sp³-hybridized carbons (Fsp3) is 0.870. The van der Waals surface area contributed by atoms with Crippen LogP contribution in [0.4, 0.5) is 0 Å². The quantitative estimate of drug-likeness (QED) is 0.00929. The summed E-state index contributed by atoms with van der Waals surface area (Å²) in [6.45, 7) is 38.0. The van der Waals surface area contributed by atoms with E-state index in [1.807, 2.05) is 18.2 Å². The van der Waals surface area contributed by atoms with Crippen LogP contribution in [-0.2, 0) is 57.2 Å². The summed E-state index contributed by atoms with van der Waals surface area (Å²) in [7, 11) is 5.40. The molecule has 20 nitrogen and oxygen atoms in total. The number of nitrogens with two attached hydrogens (primary N) is 1. The second-order valence-corrected chi connectivity index (χ2v) is 37.0. The Kier molecular flexibility index (Phi) is 67.2. The predicted molar refractivity (Wildman–Crippen MR) is 458 cm³/mol. The molecular weight excluding hydrogens is 1470 g/mol. The van der Waals surface area contributed by atoms with Crippen molar-refractivity contribution in [3.8, 4) is 5.75 Å². The molecule has 3 rings (SSSR count). The summed E-state index contributed by atoms with van der Waals surface area (Å²) in [6.07, 6.45) is 49.1. The number of benzene rings is 1. The first-order chi connectivity index (χ1) is 53.7. The molecule has 2 aliphatic rings. The minimum Gasteiger partial charge on any atom is -0.691 e. The van der Waals surface area contributed by atoms with Crippen molar-refractivity contribution in [1.29, 1.82) is 0 Å². The number of carbonyl (C=O) groups is 6. The molecule has 2 saturated heterocycles. The van der Waals surface area contributed by atoms with Gasteiger partial charge in [-0.25, -0.2) is 0 Å². The van der Waals surface area contributed by atoms with Crippen LogP contribution in [0.2, 0.25) is 0 Å². The minimum absolute atomic E-state index is 0. The Morgan fingerprint density at radius 3 is 1.32 bits per heavy atom. The van der Waals surface area contributed by atoms with Gasteiger partial charge >= 0.3 is 47.5 Å². The molecule has 1 aromatic rings. The van der Waals surface area contributed by atoms with E-state index < -0.39 is 29.1 Å². The van der Waals surface area contributed by atoms with Crippen molar-refractivity contribution >= 4 is 47.6 Å². The van der Waals surface area contributed by atoms with Crippen LogP contribution in [0.25, 0.3) is 0 Å². The number of amides is 1. The summed E-state index contributed by atoms with van der Waals surface area (Å²) < 4.78 is 27.4. The van der Waals surface area contributed by atoms with Crippen LogP contribution in [0.5, 0.6) is 5.75 Å². The van der Waals surface area contributed by atoms with E-state index in [4.69, 9.17) is 34.4 Å². The number of carboxylic acid groups (broad SMARTS) is 1. The fourth-order valence-corrected chi connectivity index (χ4v) is 16.2. The maximum atomic E-state index is 13.3. The van der Waals surface area contributed by atoms with Gasteiger partial charge in [-0.1, -0.05) is 260 Å². The topological polar surface area (TPSA) is 255 Å². The van der Waals surface area contributed by atoms with E-state index in [2.05, 4.69) is 130 Å². The number of rotatable bonds is 63. The first kappa shape index (κ1) is 113. The maximum absolute atomic E-state index is 13.3. The summed E-state index contributed by atoms with van der Waals surface area (Å²) >= 11 is 0.479. The third-order valence-electron chi connectivity index (χ3n) is 21.9. The monoisotopic (exact) mass is 1640 g/mol. The zero-order valence-electron chi connectivity index (χ0n) is 76.7. The first-order valence-corrected chi connectivity index (χ1v) is 46.0. The van der Waals surface area contributed by atoms with Crippen LogP contribution in [0.3, 0.4) is 0 Å². The number of para-hydroxylation sites is 1. The maximum Gasteiger partial charge on any atom is 1.00 e. The molecular formula is C92H171N4NaO16S. The van der Waals surface area contributed by atoms with Crippen molar-refractivity contribution in [1.82, 2.24) is 10.1 Å². The molecule has 2 heterocycles. The van der Waals surface area contributed by atoms with E-state index in [0.29, 0.717) is 71.5 Å². The van der Waals surface area contributed by atoms with E-state index in [0.717, 1.165) is 142 Å². The Bertz CT molecular complexity index is 2560. The van der Waals surface area contributed by atoms with Gasteiger partial charge in [-0.05, 0) is 149 Å². The number of unbranched alkanes of at least 4 members (excludes halogenated alkanes) is 25. The van der Waals surface area contributed by atoms with Crippen molar-refractivity contribution < 1.29 is 111 Å². The van der Waals surface area contributed by atoms with Crippen molar-refractivity contribution in [2.75, 3.05) is 60.7 Å². The number of carbonyl (C=O) groups excluding carboxylic acids is 6. The summed E-state index contributed by atoms with van der Waals surface area (Å²) in [5, 5.41) is 26.7. The van der Waals surface area contributed by atoms with Crippen molar-refractivity contribution in [3.05, 3.63) is 29.8 Å². The molecule has 4 atom stereocenters. The summed E-state index contributed by atoms with van der Waals surface area (Å²) in [5.41, 5.74) is 5.24. The third kappa shape index (κ3) is 55.8. The molecule has 1 aromatic carbocycles. The SMILES string of the molecule is CCCCC(CC)COC(=O)CC(SOO[O-])C(=O)OCC(CC)CCCC.CCCCCCCCC(CCCCCC)COc1ccccc1C(N)=O.CCCCCCCCON1C(C)(C)CC(OC(=O)CCCCCCCCC(=O)C2CC(C)(C)N(OCCCCCCCC)C(C)(C)C2)CC1(C)C.C[N+](C)(C)CC(=O)[O-].[Na+]. The van der Waals surface area contributed by atoms with Crippen molar-refractivity contribution in [2.45, 2.75) is 433 Å². The van der Waals surface area contributed by atoms with E-state index in [-0.39, 0.29) is 95.2 Å². The number of nitrogens with zero attached hydrogens (tertiary/aromatic N) is 3. The van der Waals surface area contributed by atoms with E-state index in [1.54, 1.807) is 27.2 Å². The Morgan fingerprint density at radius 1 is 0.500 bits per heavy atom. The second kappa shape index (κ2) is 67.7. The van der Waals surface area contributed by atoms with Gasteiger partial charge in [-0.2, -0.15) is 14.5 Å². The minimum atomic E-state index is -1.00. The van der Waals surface area contributed by atoms with Crippen LogP contribution in [0, 0.1) is 23.7 Å². The number of aliphatic carboxylic acids is 1. The number of hydrogen-bond donors (Lipinski definition) is 1. The number of ketones is 1. The van der Waals surface area contributed by atoms with Crippen LogP contribution >= 0.6 is 12.0 Å². The van der Waals surface area contributed by atoms with Gasteiger partial charge in [0.15, 0.2) is 0 Å². The third-order valence-corrected chi connectivity index (χ3v) is 22.6. The number of Topliss-reactive ketones (excluding diaryl/α,β-unsaturated/α-hetero) is 1. The van der Waals surface area contributed by atoms with Gasteiger partial charge in [0.2, 0.25) is 0 Å². The molecule has 0 radical (unpaired) electrons. The molecule has 0 bridgehead atoms. The molecule has 2 aliphatic heterocycles. The molecule has 4 unspecified atom stereocenters. The van der Waals surface area contributed by atoms with E-state index in [9.17, 15) is 39.1 Å². The van der Waals surface area contributed by atoms with Crippen LogP contribution < -0.4 is 50.4 Å². The smallest absolute Gasteiger partial charge is 0.691 e. The molecule has 2 N–H and O–H groups in total. The zero-order valence-corrected chi connectivity index (χ0v) is 79.5. The number of esters is 3. The van der Waals surface area contributed by atoms with Crippen LogP contribution in [-0.4, -0.2) is 144 Å². The van der Waals surface area contributed by atoms with E-state index >= 15 is 0 Å². The molecule has 0 spiro atoms. The number of piperidine rings is 2. The van der Waals surface area contributed by atoms with Gasteiger partial charge in [-0.15, -0.1) is 0 Å². The molecule has 662 valence electrons. The number of quaternary nitrogens is 1. The summed E-state index contributed by atoms with van der Waals surface area (Å²) in [6, 6.07) is 7.30. The van der Waals surface area contributed by atoms with Gasteiger partial charge in [-0.3, -0.25) is 38.7 Å². The second-order valence-electron chi connectivity index (χ2n) is 36.1. The molecule has 22 heteroatoms. The average Bonchev–Trinajstić information content (AvgIpc) is 0.767. The number of likely N-dealkylation sites (N-methyl/N-ethyl adjacent to an activating group) is 1. The molecule has 114 heavy (non-hydrogen) atoms. The standard InChI is InChI=1S/C44H84N2O5.C23H39NO2.C20H38O7S.C5H11NO2.Na/c1-11-13-15-17-23-27-31-49-45-41(3,4)33-37(34-42(45,5)6)39(47)29-25-21-19-20-22-26-30-40(48)51-38-35-43(7,8)46(44(9,10)36-38)50-32-28-24-18-16-14-12-2;1-3-5-7-9-10-12-16-20(15-11-8-6-4-2)19-26-22-18-14-13-17-21(22)23(24)25;1-5-9-11-16(7-3)14-24-19(21)13-18(28-27-26-23)20(22)25-15-17(8-4)12-10-6-2;1-6(2,3)4-5(7)8;/h37-38H,11-36H2,1-10H3;13-14,17-18,20H,3-12,15-16,19H2,1-2H3,(H2,24,25);16-18,23H,5-15H2,1-4H3;4H2,1-3H3;/q;;;;+1/p-1. The first-order valence-electron chi connectivity index (χ1n) is 45.2. The number of hydrogen-bond acceptors (Lipinski definition) is 19. The Morgan fingerprint density at radius 2 is 0.895 bits per heavy atom.